The van der Waals surface area contributed by atoms with Gasteiger partial charge in [-0.1, -0.05) is 18.2 Å². The van der Waals surface area contributed by atoms with Gasteiger partial charge in [0.05, 0.1) is 18.9 Å². The molecule has 0 saturated carbocycles. The highest BCUT2D eigenvalue weighted by Gasteiger charge is 2.18. The number of pyridine rings is 1. The van der Waals surface area contributed by atoms with E-state index in [1.807, 2.05) is 18.2 Å². The second-order valence-electron chi connectivity index (χ2n) is 6.36. The van der Waals surface area contributed by atoms with Crippen molar-refractivity contribution < 1.29 is 9.47 Å². The average molecular weight is 337 g/mol. The first kappa shape index (κ1) is 16.1. The number of benzene rings is 1. The van der Waals surface area contributed by atoms with Crippen molar-refractivity contribution in [2.45, 2.75) is 6.42 Å². The number of allylic oxidation sites excluding steroid dienone is 1. The lowest BCUT2D eigenvalue weighted by Crippen LogP contribution is -2.38. The van der Waals surface area contributed by atoms with Crippen LogP contribution in [0.25, 0.3) is 17.3 Å². The Labute approximate surface area is 148 Å². The molecule has 0 bridgehead atoms. The van der Waals surface area contributed by atoms with Crippen molar-refractivity contribution in [2.24, 2.45) is 0 Å². The Kier molecular flexibility index (Phi) is 4.68. The third kappa shape index (κ3) is 3.52. The van der Waals surface area contributed by atoms with Crippen LogP contribution in [0.2, 0.25) is 0 Å². The summed E-state index contributed by atoms with van der Waals surface area (Å²) >= 11 is 0. The molecule has 5 heteroatoms. The maximum atomic E-state index is 6.10. The van der Waals surface area contributed by atoms with E-state index in [1.165, 1.54) is 11.1 Å². The summed E-state index contributed by atoms with van der Waals surface area (Å²) in [5.41, 5.74) is 10.3. The van der Waals surface area contributed by atoms with E-state index in [9.17, 15) is 0 Å². The van der Waals surface area contributed by atoms with Gasteiger partial charge in [-0.15, -0.1) is 0 Å². The van der Waals surface area contributed by atoms with Crippen LogP contribution in [0.5, 0.6) is 5.75 Å². The van der Waals surface area contributed by atoms with Crippen molar-refractivity contribution in [3.8, 4) is 17.0 Å². The van der Waals surface area contributed by atoms with E-state index < -0.39 is 0 Å². The van der Waals surface area contributed by atoms with Crippen LogP contribution in [0, 0.1) is 0 Å². The Morgan fingerprint density at radius 3 is 2.88 bits per heavy atom. The monoisotopic (exact) mass is 337 g/mol. The summed E-state index contributed by atoms with van der Waals surface area (Å²) in [5.74, 6) is 1.51. The molecule has 4 rings (SSSR count). The number of morpholine rings is 1. The number of nitrogens with zero attached hydrogens (tertiary/aromatic N) is 2. The van der Waals surface area contributed by atoms with Crippen LogP contribution in [0.3, 0.4) is 0 Å². The molecular formula is C20H23N3O2. The molecule has 2 aromatic rings. The topological polar surface area (TPSA) is 60.6 Å². The molecule has 5 nitrogen and oxygen atoms in total. The summed E-state index contributed by atoms with van der Waals surface area (Å²) in [5, 5.41) is 0. The summed E-state index contributed by atoms with van der Waals surface area (Å²) < 4.78 is 11.5. The highest BCUT2D eigenvalue weighted by atomic mass is 16.5. The zero-order valence-corrected chi connectivity index (χ0v) is 14.3. The number of nitrogen functional groups attached to an aromatic ring is 1. The van der Waals surface area contributed by atoms with Crippen molar-refractivity contribution in [1.29, 1.82) is 0 Å². The van der Waals surface area contributed by atoms with Gasteiger partial charge in [-0.3, -0.25) is 4.90 Å². The van der Waals surface area contributed by atoms with Crippen LogP contribution >= 0.6 is 0 Å². The van der Waals surface area contributed by atoms with Gasteiger partial charge in [0.25, 0.3) is 0 Å². The Morgan fingerprint density at radius 2 is 2.04 bits per heavy atom. The molecule has 0 radical (unpaired) electrons. The number of hydrogen-bond acceptors (Lipinski definition) is 5. The van der Waals surface area contributed by atoms with E-state index >= 15 is 0 Å². The van der Waals surface area contributed by atoms with Crippen LogP contribution in [0.4, 0.5) is 5.82 Å². The fourth-order valence-electron chi connectivity index (χ4n) is 3.41. The van der Waals surface area contributed by atoms with Gasteiger partial charge in [-0.2, -0.15) is 0 Å². The summed E-state index contributed by atoms with van der Waals surface area (Å²) in [6, 6.07) is 9.89. The highest BCUT2D eigenvalue weighted by Crippen LogP contribution is 2.36. The normalized spacial score (nSPS) is 16.8. The summed E-state index contributed by atoms with van der Waals surface area (Å²) in [7, 11) is 0. The Hall–Kier alpha value is -2.37. The van der Waals surface area contributed by atoms with Gasteiger partial charge in [-0.25, -0.2) is 4.98 Å². The Bertz CT molecular complexity index is 783. The molecule has 1 saturated heterocycles. The largest absolute Gasteiger partial charge is 0.492 e. The Morgan fingerprint density at radius 1 is 1.16 bits per heavy atom. The van der Waals surface area contributed by atoms with E-state index in [1.54, 1.807) is 0 Å². The second kappa shape index (κ2) is 7.25. The highest BCUT2D eigenvalue weighted by molar-refractivity contribution is 5.80. The number of hydrogen-bond donors (Lipinski definition) is 1. The molecule has 130 valence electrons. The van der Waals surface area contributed by atoms with E-state index in [0.29, 0.717) is 12.4 Å². The molecule has 2 N–H and O–H groups in total. The number of rotatable bonds is 5. The fraction of sp³-hybridized carbons (Fsp3) is 0.350. The third-order valence-electron chi connectivity index (χ3n) is 4.74. The second-order valence-corrected chi connectivity index (χ2v) is 6.36. The van der Waals surface area contributed by atoms with Gasteiger partial charge in [0.2, 0.25) is 0 Å². The maximum absolute atomic E-state index is 6.10. The minimum absolute atomic E-state index is 0.541. The fourth-order valence-corrected chi connectivity index (χ4v) is 3.41. The molecule has 0 unspecified atom stereocenters. The van der Waals surface area contributed by atoms with Crippen molar-refractivity contribution in [3.63, 3.8) is 0 Å². The lowest BCUT2D eigenvalue weighted by molar-refractivity contribution is 0.0322. The van der Waals surface area contributed by atoms with Crippen molar-refractivity contribution >= 4 is 11.9 Å². The average Bonchev–Trinajstić information content (AvgIpc) is 3.13. The van der Waals surface area contributed by atoms with Crippen molar-refractivity contribution in [2.75, 3.05) is 45.2 Å². The van der Waals surface area contributed by atoms with Crippen LogP contribution in [-0.4, -0.2) is 49.3 Å². The molecule has 2 aliphatic rings. The standard InChI is InChI=1S/C20H23N3O2/c21-20-6-2-5-18(22-20)16-7-8-19(17-4-1-3-15(16)17)25-14-11-23-9-12-24-13-10-23/h1-3,5-8H,4,9-14H2,(H2,21,22). The molecular weight excluding hydrogens is 314 g/mol. The van der Waals surface area contributed by atoms with Gasteiger partial charge in [0.1, 0.15) is 18.2 Å². The van der Waals surface area contributed by atoms with Crippen molar-refractivity contribution in [3.05, 3.63) is 47.5 Å². The first-order valence-corrected chi connectivity index (χ1v) is 8.79. The maximum Gasteiger partial charge on any atom is 0.124 e. The molecule has 1 aliphatic carbocycles. The van der Waals surface area contributed by atoms with Crippen LogP contribution in [-0.2, 0) is 11.2 Å². The van der Waals surface area contributed by atoms with Gasteiger partial charge in [0, 0.05) is 30.8 Å². The summed E-state index contributed by atoms with van der Waals surface area (Å²) in [4.78, 5) is 6.84. The van der Waals surface area contributed by atoms with E-state index in [0.717, 1.165) is 56.3 Å². The first-order valence-electron chi connectivity index (χ1n) is 8.79. The first-order chi connectivity index (χ1) is 12.3. The molecule has 0 spiro atoms. The van der Waals surface area contributed by atoms with E-state index in [4.69, 9.17) is 15.2 Å². The van der Waals surface area contributed by atoms with Gasteiger partial charge < -0.3 is 15.2 Å². The number of nitrogens with two attached hydrogens (primary N) is 1. The third-order valence-corrected chi connectivity index (χ3v) is 4.74. The quantitative estimate of drug-likeness (QED) is 0.909. The minimum atomic E-state index is 0.541. The lowest BCUT2D eigenvalue weighted by atomic mass is 9.99. The predicted octanol–water partition coefficient (Wildman–Crippen LogP) is 2.61. The zero-order chi connectivity index (χ0) is 17.1. The van der Waals surface area contributed by atoms with Crippen molar-refractivity contribution in [1.82, 2.24) is 9.88 Å². The SMILES string of the molecule is Nc1cccc(-c2ccc(OCCN3CCOCC3)c3c2C=CC3)n1. The van der Waals surface area contributed by atoms with Gasteiger partial charge in [-0.05, 0) is 36.2 Å². The van der Waals surface area contributed by atoms with Crippen LogP contribution in [0.1, 0.15) is 11.1 Å². The van der Waals surface area contributed by atoms with E-state index in [-0.39, 0.29) is 0 Å². The number of anilines is 1. The number of ether oxygens (including phenoxy) is 2. The molecule has 0 atom stereocenters. The summed E-state index contributed by atoms with van der Waals surface area (Å²) in [6.45, 7) is 5.25. The van der Waals surface area contributed by atoms with Crippen LogP contribution in [0.15, 0.2) is 36.4 Å². The lowest BCUT2D eigenvalue weighted by Gasteiger charge is -2.26. The summed E-state index contributed by atoms with van der Waals surface area (Å²) in [6.07, 6.45) is 5.23. The zero-order valence-electron chi connectivity index (χ0n) is 14.3. The molecule has 1 aromatic heterocycles. The molecule has 25 heavy (non-hydrogen) atoms. The number of aromatic nitrogens is 1. The molecule has 2 heterocycles. The number of fused-ring (bicyclic) bond motifs is 1. The molecule has 1 aliphatic heterocycles. The minimum Gasteiger partial charge on any atom is -0.492 e. The predicted molar refractivity (Wildman–Crippen MR) is 99.6 cm³/mol. The van der Waals surface area contributed by atoms with Crippen LogP contribution < -0.4 is 10.5 Å². The van der Waals surface area contributed by atoms with E-state index in [2.05, 4.69) is 34.2 Å². The van der Waals surface area contributed by atoms with Gasteiger partial charge >= 0.3 is 0 Å². The van der Waals surface area contributed by atoms with Gasteiger partial charge in [0.15, 0.2) is 0 Å². The molecule has 0 amide bonds. The molecule has 1 aromatic carbocycles. The molecule has 1 fully saturated rings. The Balaban J connectivity index is 1.50. The smallest absolute Gasteiger partial charge is 0.124 e.